The Labute approximate surface area is 175 Å². The zero-order valence-electron chi connectivity index (χ0n) is 18.4. The number of carbonyl (C=O) groups excluding carboxylic acids is 1. The zero-order chi connectivity index (χ0) is 21.0. The molecule has 6 heteroatoms. The molecule has 0 aromatic carbocycles. The molecule has 0 saturated heterocycles. The van der Waals surface area contributed by atoms with E-state index in [1.54, 1.807) is 20.8 Å². The lowest BCUT2D eigenvalue weighted by Crippen LogP contribution is -2.44. The molecule has 0 aromatic heterocycles. The summed E-state index contributed by atoms with van der Waals surface area (Å²) < 4.78 is 5.23. The second-order valence-corrected chi connectivity index (χ2v) is 10.6. The molecule has 0 aliphatic heterocycles. The van der Waals surface area contributed by atoms with E-state index < -0.39 is 23.7 Å². The third kappa shape index (κ3) is 7.16. The Hall–Kier alpha value is -1.30. The van der Waals surface area contributed by atoms with Crippen molar-refractivity contribution in [2.24, 2.45) is 17.8 Å². The maximum atomic E-state index is 12.0. The van der Waals surface area contributed by atoms with E-state index >= 15 is 0 Å². The van der Waals surface area contributed by atoms with E-state index in [1.165, 1.54) is 57.8 Å². The van der Waals surface area contributed by atoms with Gasteiger partial charge in [0.1, 0.15) is 11.6 Å². The van der Waals surface area contributed by atoms with Crippen LogP contribution in [0.25, 0.3) is 0 Å². The van der Waals surface area contributed by atoms with E-state index in [2.05, 4.69) is 10.6 Å². The molecule has 5 atom stereocenters. The first-order chi connectivity index (χ1) is 13.7. The first kappa shape index (κ1) is 22.4. The minimum absolute atomic E-state index is 0.407. The predicted molar refractivity (Wildman–Crippen MR) is 113 cm³/mol. The molecule has 3 aliphatic rings. The number of alkyl carbamates (subject to hydrolysis) is 1. The van der Waals surface area contributed by atoms with Crippen LogP contribution in [0.4, 0.5) is 4.79 Å². The van der Waals surface area contributed by atoms with Crippen molar-refractivity contribution in [3.63, 3.8) is 0 Å². The average molecular weight is 409 g/mol. The van der Waals surface area contributed by atoms with Crippen LogP contribution in [0.1, 0.15) is 91.4 Å². The molecule has 3 aliphatic carbocycles. The van der Waals surface area contributed by atoms with Crippen molar-refractivity contribution in [1.82, 2.24) is 10.6 Å². The maximum Gasteiger partial charge on any atom is 0.408 e. The molecule has 3 saturated carbocycles. The highest BCUT2D eigenvalue weighted by Gasteiger charge is 2.46. The SMILES string of the molecule is CC(C)(C)OC(=O)N[C@@H](CC1CC1C1CCCC(NC2CCCCC2)C1)C(=O)O. The lowest BCUT2D eigenvalue weighted by atomic mass is 9.81. The molecule has 1 amide bonds. The fourth-order valence-electron chi connectivity index (χ4n) is 5.46. The van der Waals surface area contributed by atoms with Crippen LogP contribution < -0.4 is 10.6 Å². The number of nitrogens with one attached hydrogen (secondary N) is 2. The standard InChI is InChI=1S/C23H40N2O4/c1-23(2,3)29-22(28)25-20(21(26)27)14-16-13-19(16)15-8-7-11-18(12-15)24-17-9-5-4-6-10-17/h15-20,24H,4-14H2,1-3H3,(H,25,28)(H,26,27)/t15?,16?,18?,19?,20-/m0/s1. The van der Waals surface area contributed by atoms with Crippen molar-refractivity contribution in [2.45, 2.75) is 115 Å². The van der Waals surface area contributed by atoms with Gasteiger partial charge in [0.05, 0.1) is 0 Å². The average Bonchev–Trinajstić information content (AvgIpc) is 3.40. The fourth-order valence-corrected chi connectivity index (χ4v) is 5.46. The topological polar surface area (TPSA) is 87.7 Å². The van der Waals surface area contributed by atoms with Gasteiger partial charge in [0.15, 0.2) is 0 Å². The van der Waals surface area contributed by atoms with Gasteiger partial charge in [0.25, 0.3) is 0 Å². The van der Waals surface area contributed by atoms with E-state index in [4.69, 9.17) is 4.74 Å². The van der Waals surface area contributed by atoms with Gasteiger partial charge >= 0.3 is 12.1 Å². The summed E-state index contributed by atoms with van der Waals surface area (Å²) in [5.74, 6) is 0.755. The molecule has 0 heterocycles. The number of hydrogen-bond acceptors (Lipinski definition) is 4. The van der Waals surface area contributed by atoms with Gasteiger partial charge in [-0.15, -0.1) is 0 Å². The van der Waals surface area contributed by atoms with Gasteiger partial charge < -0.3 is 20.5 Å². The largest absolute Gasteiger partial charge is 0.480 e. The molecular weight excluding hydrogens is 368 g/mol. The van der Waals surface area contributed by atoms with E-state index in [9.17, 15) is 14.7 Å². The Morgan fingerprint density at radius 3 is 2.34 bits per heavy atom. The van der Waals surface area contributed by atoms with Crippen molar-refractivity contribution in [3.8, 4) is 0 Å². The minimum atomic E-state index is -0.970. The Bertz CT molecular complexity index is 568. The first-order valence-corrected chi connectivity index (χ1v) is 11.7. The maximum absolute atomic E-state index is 12.0. The van der Waals surface area contributed by atoms with Crippen LogP contribution in [-0.4, -0.2) is 40.9 Å². The summed E-state index contributed by atoms with van der Waals surface area (Å²) >= 11 is 0. The van der Waals surface area contributed by atoms with Crippen LogP contribution in [0.15, 0.2) is 0 Å². The summed E-state index contributed by atoms with van der Waals surface area (Å²) in [6.45, 7) is 5.33. The van der Waals surface area contributed by atoms with Crippen LogP contribution in [-0.2, 0) is 9.53 Å². The second-order valence-electron chi connectivity index (χ2n) is 10.6. The van der Waals surface area contributed by atoms with Gasteiger partial charge in [0, 0.05) is 12.1 Å². The Morgan fingerprint density at radius 2 is 1.69 bits per heavy atom. The normalized spacial score (nSPS) is 31.7. The van der Waals surface area contributed by atoms with E-state index in [1.807, 2.05) is 0 Å². The number of amides is 1. The van der Waals surface area contributed by atoms with Gasteiger partial charge in [-0.05, 0) is 77.0 Å². The quantitative estimate of drug-likeness (QED) is 0.578. The highest BCUT2D eigenvalue weighted by molar-refractivity contribution is 5.80. The third-order valence-corrected chi connectivity index (χ3v) is 6.90. The number of hydrogen-bond donors (Lipinski definition) is 3. The third-order valence-electron chi connectivity index (χ3n) is 6.90. The molecule has 3 N–H and O–H groups in total. The molecular formula is C23H40N2O4. The predicted octanol–water partition coefficient (Wildman–Crippen LogP) is 4.47. The number of carbonyl (C=O) groups is 2. The molecule has 0 bridgehead atoms. The first-order valence-electron chi connectivity index (χ1n) is 11.7. The van der Waals surface area contributed by atoms with E-state index in [0.717, 1.165) is 6.42 Å². The fraction of sp³-hybridized carbons (Fsp3) is 0.913. The van der Waals surface area contributed by atoms with Crippen molar-refractivity contribution >= 4 is 12.1 Å². The van der Waals surface area contributed by atoms with Crippen LogP contribution in [0.3, 0.4) is 0 Å². The second kappa shape index (κ2) is 9.67. The lowest BCUT2D eigenvalue weighted by molar-refractivity contribution is -0.139. The molecule has 29 heavy (non-hydrogen) atoms. The van der Waals surface area contributed by atoms with Crippen LogP contribution in [0.5, 0.6) is 0 Å². The number of rotatable bonds is 7. The van der Waals surface area contributed by atoms with Crippen molar-refractivity contribution < 1.29 is 19.4 Å². The summed E-state index contributed by atoms with van der Waals surface area (Å²) in [5, 5.41) is 16.0. The van der Waals surface area contributed by atoms with E-state index in [-0.39, 0.29) is 0 Å². The molecule has 0 radical (unpaired) electrons. The summed E-state index contributed by atoms with van der Waals surface area (Å²) in [5.41, 5.74) is -0.627. The zero-order valence-corrected chi connectivity index (χ0v) is 18.4. The Kier molecular flexibility index (Phi) is 7.47. The highest BCUT2D eigenvalue weighted by Crippen LogP contribution is 2.51. The number of aliphatic carboxylic acids is 1. The Balaban J connectivity index is 1.44. The monoisotopic (exact) mass is 408 g/mol. The summed E-state index contributed by atoms with van der Waals surface area (Å²) in [6, 6.07) is 0.477. The molecule has 6 nitrogen and oxygen atoms in total. The summed E-state index contributed by atoms with van der Waals surface area (Å²) in [6.07, 6.45) is 12.8. The number of ether oxygens (including phenoxy) is 1. The van der Waals surface area contributed by atoms with Gasteiger partial charge in [-0.1, -0.05) is 32.1 Å². The van der Waals surface area contributed by atoms with Crippen LogP contribution in [0.2, 0.25) is 0 Å². The smallest absolute Gasteiger partial charge is 0.408 e. The number of carboxylic acid groups (broad SMARTS) is 1. The van der Waals surface area contributed by atoms with Crippen LogP contribution >= 0.6 is 0 Å². The van der Waals surface area contributed by atoms with Crippen LogP contribution in [0, 0.1) is 17.8 Å². The van der Waals surface area contributed by atoms with Crippen molar-refractivity contribution in [3.05, 3.63) is 0 Å². The molecule has 0 spiro atoms. The van der Waals surface area contributed by atoms with Gasteiger partial charge in [-0.2, -0.15) is 0 Å². The minimum Gasteiger partial charge on any atom is -0.480 e. The van der Waals surface area contributed by atoms with E-state index in [0.29, 0.717) is 36.3 Å². The van der Waals surface area contributed by atoms with Gasteiger partial charge in [-0.3, -0.25) is 0 Å². The highest BCUT2D eigenvalue weighted by atomic mass is 16.6. The summed E-state index contributed by atoms with van der Waals surface area (Å²) in [7, 11) is 0. The Morgan fingerprint density at radius 1 is 1.00 bits per heavy atom. The summed E-state index contributed by atoms with van der Waals surface area (Å²) in [4.78, 5) is 23.6. The molecule has 3 rings (SSSR count). The molecule has 166 valence electrons. The van der Waals surface area contributed by atoms with Gasteiger partial charge in [0.2, 0.25) is 0 Å². The van der Waals surface area contributed by atoms with Crippen molar-refractivity contribution in [2.75, 3.05) is 0 Å². The molecule has 3 fully saturated rings. The number of carboxylic acids is 1. The van der Waals surface area contributed by atoms with Crippen molar-refractivity contribution in [1.29, 1.82) is 0 Å². The molecule has 0 aromatic rings. The lowest BCUT2D eigenvalue weighted by Gasteiger charge is -2.34. The van der Waals surface area contributed by atoms with Gasteiger partial charge in [-0.25, -0.2) is 9.59 Å². The molecule has 4 unspecified atom stereocenters.